The Morgan fingerprint density at radius 2 is 0.947 bits per heavy atom. The van der Waals surface area contributed by atoms with Crippen LogP contribution in [0.1, 0.15) is 172 Å². The molecular formula is C76H91F2N3O33. The van der Waals surface area contributed by atoms with Crippen molar-refractivity contribution in [3.05, 3.63) is 113 Å². The highest BCUT2D eigenvalue weighted by Crippen LogP contribution is 2.75. The zero-order valence-corrected chi connectivity index (χ0v) is 63.6. The Morgan fingerprint density at radius 1 is 0.544 bits per heavy atom. The van der Waals surface area contributed by atoms with Crippen LogP contribution in [0.15, 0.2) is 71.9 Å². The van der Waals surface area contributed by atoms with E-state index in [0.717, 1.165) is 24.3 Å². The molecule has 2 heterocycles. The van der Waals surface area contributed by atoms with Gasteiger partial charge in [-0.25, -0.2) is 28.0 Å². The number of nitrogens with zero attached hydrogens (tertiary/aromatic N) is 3. The molecule has 38 heteroatoms. The molecule has 36 nitrogen and oxygen atoms in total. The summed E-state index contributed by atoms with van der Waals surface area (Å²) in [4.78, 5) is 148. The van der Waals surface area contributed by atoms with Crippen LogP contribution in [-0.2, 0) is 71.6 Å². The maximum atomic E-state index is 17.7. The molecule has 622 valence electrons. The highest BCUT2D eigenvalue weighted by Gasteiger charge is 2.82. The maximum Gasteiger partial charge on any atom is 0.514 e. The lowest BCUT2D eigenvalue weighted by molar-refractivity contribution is -0.790. The van der Waals surface area contributed by atoms with E-state index in [2.05, 4.69) is 14.5 Å². The van der Waals surface area contributed by atoms with Crippen molar-refractivity contribution >= 4 is 47.4 Å². The second-order valence-electron chi connectivity index (χ2n) is 32.2. The van der Waals surface area contributed by atoms with Crippen molar-refractivity contribution in [1.82, 2.24) is 0 Å². The molecule has 12 rings (SSSR count). The van der Waals surface area contributed by atoms with Crippen molar-refractivity contribution in [1.29, 1.82) is 0 Å². The average molecular weight is 1610 g/mol. The summed E-state index contributed by atoms with van der Waals surface area (Å²) < 4.78 is 91.6. The summed E-state index contributed by atoms with van der Waals surface area (Å²) in [5.41, 5.74) is -12.3. The number of ketones is 4. The predicted molar refractivity (Wildman–Crippen MR) is 377 cm³/mol. The Hall–Kier alpha value is -10.0. The molecule has 2 saturated heterocycles. The molecule has 17 atom stereocenters. The van der Waals surface area contributed by atoms with Gasteiger partial charge in [0.1, 0.15) is 12.7 Å². The van der Waals surface area contributed by atoms with E-state index in [9.17, 15) is 99.3 Å². The lowest BCUT2D eigenvalue weighted by atomic mass is 9.44. The molecule has 6 saturated carbocycles. The number of ether oxygens (including phenoxy) is 10. The van der Waals surface area contributed by atoms with Gasteiger partial charge < -0.3 is 92.5 Å². The lowest BCUT2D eigenvalue weighted by Crippen LogP contribution is -2.70. The van der Waals surface area contributed by atoms with Gasteiger partial charge in [0.15, 0.2) is 81.9 Å². The minimum absolute atomic E-state index is 0.0262. The van der Waals surface area contributed by atoms with Crippen LogP contribution in [0.5, 0.6) is 34.5 Å². The van der Waals surface area contributed by atoms with E-state index >= 15 is 8.78 Å². The molecule has 5 unspecified atom stereocenters. The van der Waals surface area contributed by atoms with E-state index in [1.165, 1.54) is 36.5 Å². The van der Waals surface area contributed by atoms with E-state index in [4.69, 9.17) is 47.4 Å². The van der Waals surface area contributed by atoms with E-state index in [0.29, 0.717) is 56.1 Å². The van der Waals surface area contributed by atoms with Gasteiger partial charge >= 0.3 is 24.2 Å². The van der Waals surface area contributed by atoms with E-state index in [1.54, 1.807) is 55.4 Å². The van der Waals surface area contributed by atoms with Crippen molar-refractivity contribution in [3.8, 4) is 34.5 Å². The molecule has 0 radical (unpaired) electrons. The molecule has 0 aromatic heterocycles. The molecule has 0 amide bonds. The fourth-order valence-electron chi connectivity index (χ4n) is 20.0. The molecule has 2 aromatic rings. The summed E-state index contributed by atoms with van der Waals surface area (Å²) in [6.45, 7) is 10.4. The number of fused-ring (bicyclic) bond motifs is 14. The quantitative estimate of drug-likeness (QED) is 0.00879. The molecular weight excluding hydrogens is 1520 g/mol. The summed E-state index contributed by atoms with van der Waals surface area (Å²) in [6.07, 6.45) is 2.96. The third kappa shape index (κ3) is 15.2. The second kappa shape index (κ2) is 31.6. The van der Waals surface area contributed by atoms with Crippen LogP contribution in [-0.4, -0.2) is 198 Å². The number of allylic oxidation sites excluding steroid dienone is 8. The smallest absolute Gasteiger partial charge is 0.504 e. The summed E-state index contributed by atoms with van der Waals surface area (Å²) in [5.74, 6) is -14.0. The first-order chi connectivity index (χ1) is 53.4. The van der Waals surface area contributed by atoms with Crippen molar-refractivity contribution < 1.29 is 155 Å². The number of aliphatic hydroxyl groups is 2. The van der Waals surface area contributed by atoms with Gasteiger partial charge in [0.2, 0.25) is 23.1 Å². The van der Waals surface area contributed by atoms with Crippen LogP contribution < -0.4 is 9.47 Å². The van der Waals surface area contributed by atoms with Crippen LogP contribution in [0.2, 0.25) is 0 Å². The SMILES string of the molecule is CC1(C)O[C@@H]2CC3C4CCC5=CC(=O)C=C[C@]5(C)[C@@]4(F)[C@@H](O)C[C@]3(C)[C@]2(C(=O)COC(=O)Oc2cc(C(=O)OCCCCC(CO[N+](=O)[O-])O[N+](=O)[O-])cc(O)c2O)O1.CC1(C)O[C@@H]2CC3C4CCC5=CC(=O)C=C[C@]5(C)[C@@]4(F)[C@@H](O)C[C@]3(C)[C@]2(C(=O)COC(=O)Oc2cc(C(=O)OCCCCCCO[N+](=O)[O-])cc(O)c2O)O1. The number of hydrogen-bond acceptors (Lipinski definition) is 33. The molecule has 8 fully saturated rings. The minimum atomic E-state index is -2.19. The van der Waals surface area contributed by atoms with Crippen LogP contribution in [0.3, 0.4) is 0 Å². The third-order valence-electron chi connectivity index (χ3n) is 24.9. The van der Waals surface area contributed by atoms with Gasteiger partial charge in [-0.3, -0.25) is 19.2 Å². The number of unbranched alkanes of at least 4 members (excludes halogenated alkanes) is 4. The third-order valence-corrected chi connectivity index (χ3v) is 24.9. The van der Waals surface area contributed by atoms with E-state index < -0.39 is 215 Å². The number of alkyl halides is 2. The zero-order chi connectivity index (χ0) is 83.4. The van der Waals surface area contributed by atoms with Crippen molar-refractivity contribution in [2.24, 2.45) is 45.3 Å². The van der Waals surface area contributed by atoms with Gasteiger partial charge in [0.05, 0.1) is 55.4 Å². The monoisotopic (exact) mass is 1610 g/mol. The van der Waals surface area contributed by atoms with Crippen LogP contribution >= 0.6 is 0 Å². The van der Waals surface area contributed by atoms with Gasteiger partial charge in [-0.1, -0.05) is 43.6 Å². The predicted octanol–water partition coefficient (Wildman–Crippen LogP) is 9.14. The van der Waals surface area contributed by atoms with Crippen LogP contribution in [0.4, 0.5) is 18.4 Å². The van der Waals surface area contributed by atoms with Crippen molar-refractivity contribution in [3.63, 3.8) is 0 Å². The van der Waals surface area contributed by atoms with E-state index in [1.807, 2.05) is 0 Å². The largest absolute Gasteiger partial charge is 0.514 e. The van der Waals surface area contributed by atoms with Gasteiger partial charge in [0, 0.05) is 33.5 Å². The number of halogens is 2. The number of aliphatic hydroxyl groups excluding tert-OH is 2. The Labute approximate surface area is 649 Å². The highest BCUT2D eigenvalue weighted by atomic mass is 19.1. The molecule has 2 aliphatic heterocycles. The summed E-state index contributed by atoms with van der Waals surface area (Å²) in [7, 11) is 0. The summed E-state index contributed by atoms with van der Waals surface area (Å²) in [6, 6.07) is 3.53. The fourth-order valence-corrected chi connectivity index (χ4v) is 20.0. The van der Waals surface area contributed by atoms with Crippen molar-refractivity contribution in [2.45, 2.75) is 216 Å². The Kier molecular flexibility index (Phi) is 23.6. The molecule has 0 spiro atoms. The summed E-state index contributed by atoms with van der Waals surface area (Å²) >= 11 is 0. The molecule has 10 aliphatic rings. The highest BCUT2D eigenvalue weighted by molar-refractivity contribution is 6.02. The van der Waals surface area contributed by atoms with Crippen LogP contribution in [0.25, 0.3) is 0 Å². The van der Waals surface area contributed by atoms with Crippen molar-refractivity contribution in [2.75, 3.05) is 39.6 Å². The minimum Gasteiger partial charge on any atom is -0.504 e. The Morgan fingerprint density at radius 3 is 1.35 bits per heavy atom. The topological polar surface area (TPSA) is 507 Å². The first-order valence-electron chi connectivity index (χ1n) is 37.3. The van der Waals surface area contributed by atoms with Gasteiger partial charge in [-0.15, -0.1) is 30.3 Å². The number of hydrogen-bond donors (Lipinski definition) is 6. The molecule has 2 aromatic carbocycles. The number of phenols is 4. The fraction of sp³-hybridized carbons (Fsp3) is 0.632. The first kappa shape index (κ1) is 84.9. The maximum absolute atomic E-state index is 17.7. The van der Waals surface area contributed by atoms with Gasteiger partial charge in [-0.2, -0.15) is 0 Å². The normalized spacial score (nSPS) is 33.4. The zero-order valence-electron chi connectivity index (χ0n) is 63.6. The van der Waals surface area contributed by atoms with E-state index in [-0.39, 0.29) is 93.9 Å². The van der Waals surface area contributed by atoms with Gasteiger partial charge in [0.25, 0.3) is 15.3 Å². The summed E-state index contributed by atoms with van der Waals surface area (Å²) in [5, 5.41) is 92.9. The number of aromatic hydroxyl groups is 4. The molecule has 0 bridgehead atoms. The number of phenolic OH excluding ortho intramolecular Hbond substituents is 4. The molecule has 114 heavy (non-hydrogen) atoms. The number of carbonyl (C=O) groups excluding carboxylic acids is 8. The number of Topliss-reactive ketones (excluding diaryl/α,β-unsaturated/α-hetero) is 2. The lowest BCUT2D eigenvalue weighted by Gasteiger charge is -2.62. The van der Waals surface area contributed by atoms with Gasteiger partial charge in [-0.05, 0) is 192 Å². The Balaban J connectivity index is 0.000000225. The molecule has 6 N–H and O–H groups in total. The number of carbonyl (C=O) groups is 8. The number of rotatable bonds is 28. The second-order valence-corrected chi connectivity index (χ2v) is 32.2. The number of benzene rings is 2. The average Bonchev–Trinajstić information content (AvgIpc) is 1.47. The Bertz CT molecular complexity index is 4350. The first-order valence-corrected chi connectivity index (χ1v) is 37.3. The molecule has 8 aliphatic carbocycles. The number of esters is 2. The van der Waals surface area contributed by atoms with Crippen LogP contribution in [0, 0.1) is 75.7 Å². The standard InChI is InChI=1S/C38H45FN2O18.C38H46FNO15/c1-34(2)57-30-16-25-24-9-8-21-15-22(42)10-11-35(21,3)37(24,39)28(44)17-36(25,4)38(30,59-34)29(45)19-54-33(48)56-27-14-20(13-26(43)31(27)46)32(47)53-12-6-5-7-23(58-41(51)52)18-55-40(49)50;1-34(2)54-30-18-25-24-10-9-22-17-23(41)11-12-35(22,3)37(24,39)28(43)19-36(25,4)38(30,55-34)29(44)20-51-33(47)53-27-16-21(15-26(42)31(27)45)32(46)50-13-7-5-6-8-14-52-40(48)49/h10-11,13-15,23-25,28,30,43-44,46H,5-9,12,16-19H2,1-4H3;11-12,15-17,24-25,28,30,42-43,45H,5-10,13-14,18-20H2,1-4H3/t23?,24?,25?,28-,30+,35-,36-,37-,38+;24?,25?,28-,30+,35-,36-,37-,38+/m00/s1.